The summed E-state index contributed by atoms with van der Waals surface area (Å²) in [5, 5.41) is 0. The van der Waals surface area contributed by atoms with Crippen LogP contribution in [0.4, 0.5) is 0 Å². The summed E-state index contributed by atoms with van der Waals surface area (Å²) in [4.78, 5) is 38.2. The van der Waals surface area contributed by atoms with E-state index in [0.717, 1.165) is 135 Å². The molecular weight excluding hydrogens is 913 g/mol. The SMILES string of the molecule is CC/C=C\C/C=C\C/C=C\C/C=C\C/C=C\C/C=C\C/C=C\C/C=C\CCCCCCC(=O)OCC(COC(=O)CCCCCCCCCCCCC)OC(=O)CCCCCCC/C=C\CCCCCCCCC. The van der Waals surface area contributed by atoms with Crippen LogP contribution in [0.15, 0.2) is 109 Å². The summed E-state index contributed by atoms with van der Waals surface area (Å²) in [5.74, 6) is -0.919. The second-order valence-electron chi connectivity index (χ2n) is 20.2. The molecule has 1 unspecified atom stereocenters. The summed E-state index contributed by atoms with van der Waals surface area (Å²) in [6, 6.07) is 0. The standard InChI is InChI=1S/C68H114O6/c1-4-7-10-13-16-19-22-24-26-28-29-30-31-32-33-34-35-36-37-38-39-40-42-43-46-49-52-55-58-61-67(70)73-64-65(63-72-66(69)60-57-54-51-48-45-21-18-15-12-9-6-3)74-68(71)62-59-56-53-50-47-44-41-27-25-23-20-17-14-11-8-5-2/h7,10,16,19,24,26-27,29-30,32-33,35-36,38-39,41-43,65H,4-6,8-9,11-15,17-18,20-23,25,28,31,34,37,40,44-64H2,1-3H3/b10-7-,19-16-,26-24-,30-29-,33-32-,36-35-,39-38-,41-27-,43-42-. The quantitative estimate of drug-likeness (QED) is 0.0261. The summed E-state index contributed by atoms with van der Waals surface area (Å²) in [6.45, 7) is 6.50. The van der Waals surface area contributed by atoms with Gasteiger partial charge in [-0.15, -0.1) is 0 Å². The third-order valence-corrected chi connectivity index (χ3v) is 13.0. The lowest BCUT2D eigenvalue weighted by Gasteiger charge is -2.18. The van der Waals surface area contributed by atoms with E-state index in [1.807, 2.05) is 0 Å². The summed E-state index contributed by atoms with van der Waals surface area (Å²) in [7, 11) is 0. The minimum Gasteiger partial charge on any atom is -0.462 e. The van der Waals surface area contributed by atoms with Crippen molar-refractivity contribution in [2.24, 2.45) is 0 Å². The number of rotatable bonds is 55. The Morgan fingerprint density at radius 2 is 0.527 bits per heavy atom. The molecule has 0 saturated heterocycles. The molecule has 0 aromatic carbocycles. The van der Waals surface area contributed by atoms with Gasteiger partial charge in [-0.1, -0.05) is 265 Å². The zero-order valence-electron chi connectivity index (χ0n) is 48.3. The summed E-state index contributed by atoms with van der Waals surface area (Å²) < 4.78 is 16.8. The number of allylic oxidation sites excluding steroid dienone is 18. The van der Waals surface area contributed by atoms with Gasteiger partial charge < -0.3 is 14.2 Å². The summed E-state index contributed by atoms with van der Waals surface area (Å²) >= 11 is 0. The highest BCUT2D eigenvalue weighted by molar-refractivity contribution is 5.71. The maximum atomic E-state index is 12.9. The first-order valence-corrected chi connectivity index (χ1v) is 30.9. The van der Waals surface area contributed by atoms with Crippen LogP contribution in [0.1, 0.15) is 284 Å². The zero-order valence-corrected chi connectivity index (χ0v) is 48.3. The van der Waals surface area contributed by atoms with Crippen LogP contribution in [-0.2, 0) is 28.6 Å². The van der Waals surface area contributed by atoms with E-state index in [1.54, 1.807) is 0 Å². The van der Waals surface area contributed by atoms with Crippen molar-refractivity contribution in [2.45, 2.75) is 290 Å². The van der Waals surface area contributed by atoms with Gasteiger partial charge in [-0.2, -0.15) is 0 Å². The Labute approximate surface area is 457 Å². The minimum atomic E-state index is -0.793. The van der Waals surface area contributed by atoms with Gasteiger partial charge in [0.2, 0.25) is 0 Å². The van der Waals surface area contributed by atoms with Crippen LogP contribution in [-0.4, -0.2) is 37.2 Å². The second-order valence-corrected chi connectivity index (χ2v) is 20.2. The van der Waals surface area contributed by atoms with Crippen molar-refractivity contribution in [3.8, 4) is 0 Å². The van der Waals surface area contributed by atoms with Gasteiger partial charge in [-0.3, -0.25) is 14.4 Å². The molecule has 0 bridgehead atoms. The monoisotopic (exact) mass is 1030 g/mol. The fraction of sp³-hybridized carbons (Fsp3) is 0.691. The lowest BCUT2D eigenvalue weighted by Crippen LogP contribution is -2.30. The molecule has 0 aromatic rings. The van der Waals surface area contributed by atoms with Gasteiger partial charge in [0.05, 0.1) is 0 Å². The van der Waals surface area contributed by atoms with Crippen molar-refractivity contribution in [1.82, 2.24) is 0 Å². The van der Waals surface area contributed by atoms with E-state index in [2.05, 4.69) is 130 Å². The highest BCUT2D eigenvalue weighted by Crippen LogP contribution is 2.15. The third kappa shape index (κ3) is 59.0. The number of ether oxygens (including phenoxy) is 3. The van der Waals surface area contributed by atoms with Crippen LogP contribution >= 0.6 is 0 Å². The largest absolute Gasteiger partial charge is 0.462 e. The van der Waals surface area contributed by atoms with Gasteiger partial charge in [0.1, 0.15) is 13.2 Å². The van der Waals surface area contributed by atoms with Gasteiger partial charge in [0.25, 0.3) is 0 Å². The Hall–Kier alpha value is -3.93. The predicted molar refractivity (Wildman–Crippen MR) is 320 cm³/mol. The van der Waals surface area contributed by atoms with Crippen molar-refractivity contribution in [3.05, 3.63) is 109 Å². The molecule has 74 heavy (non-hydrogen) atoms. The van der Waals surface area contributed by atoms with Gasteiger partial charge >= 0.3 is 17.9 Å². The van der Waals surface area contributed by atoms with Crippen molar-refractivity contribution in [1.29, 1.82) is 0 Å². The highest BCUT2D eigenvalue weighted by Gasteiger charge is 2.19. The minimum absolute atomic E-state index is 0.0881. The molecule has 0 spiro atoms. The number of esters is 3. The molecule has 0 heterocycles. The zero-order chi connectivity index (χ0) is 53.6. The van der Waals surface area contributed by atoms with Gasteiger partial charge in [0.15, 0.2) is 6.10 Å². The second kappa shape index (κ2) is 61.6. The van der Waals surface area contributed by atoms with E-state index < -0.39 is 6.10 Å². The normalized spacial score (nSPS) is 12.9. The molecule has 0 aliphatic heterocycles. The molecule has 0 amide bonds. The topological polar surface area (TPSA) is 78.9 Å². The fourth-order valence-electron chi connectivity index (χ4n) is 8.39. The first-order valence-electron chi connectivity index (χ1n) is 30.9. The molecule has 0 aliphatic rings. The smallest absolute Gasteiger partial charge is 0.306 e. The van der Waals surface area contributed by atoms with Crippen LogP contribution in [0.2, 0.25) is 0 Å². The molecule has 6 heteroatoms. The number of carbonyl (C=O) groups excluding carboxylic acids is 3. The maximum absolute atomic E-state index is 12.9. The summed E-state index contributed by atoms with van der Waals surface area (Å²) in [6.07, 6.45) is 83.7. The molecule has 0 saturated carbocycles. The maximum Gasteiger partial charge on any atom is 0.306 e. The van der Waals surface area contributed by atoms with E-state index in [-0.39, 0.29) is 31.1 Å². The number of unbranched alkanes of at least 4 members (excludes halogenated alkanes) is 26. The molecular formula is C68H114O6. The molecule has 0 fully saturated rings. The van der Waals surface area contributed by atoms with Crippen molar-refractivity contribution in [3.63, 3.8) is 0 Å². The first kappa shape index (κ1) is 70.1. The van der Waals surface area contributed by atoms with E-state index in [0.29, 0.717) is 19.3 Å². The molecule has 1 atom stereocenters. The van der Waals surface area contributed by atoms with Crippen molar-refractivity contribution in [2.75, 3.05) is 13.2 Å². The van der Waals surface area contributed by atoms with E-state index >= 15 is 0 Å². The molecule has 0 aliphatic carbocycles. The molecule has 0 rings (SSSR count). The predicted octanol–water partition coefficient (Wildman–Crippen LogP) is 21.0. The third-order valence-electron chi connectivity index (χ3n) is 13.0. The Morgan fingerprint density at radius 1 is 0.284 bits per heavy atom. The Kier molecular flexibility index (Phi) is 58.3. The molecule has 422 valence electrons. The molecule has 6 nitrogen and oxygen atoms in total. The van der Waals surface area contributed by atoms with Crippen LogP contribution < -0.4 is 0 Å². The number of hydrogen-bond donors (Lipinski definition) is 0. The molecule has 0 aromatic heterocycles. The van der Waals surface area contributed by atoms with Crippen LogP contribution in [0.25, 0.3) is 0 Å². The number of hydrogen-bond acceptors (Lipinski definition) is 6. The Balaban J connectivity index is 4.34. The molecule has 0 radical (unpaired) electrons. The number of carbonyl (C=O) groups is 3. The Bertz CT molecular complexity index is 1510. The van der Waals surface area contributed by atoms with Crippen molar-refractivity contribution >= 4 is 17.9 Å². The summed E-state index contributed by atoms with van der Waals surface area (Å²) in [5.41, 5.74) is 0. The fourth-order valence-corrected chi connectivity index (χ4v) is 8.39. The van der Waals surface area contributed by atoms with Gasteiger partial charge in [0, 0.05) is 19.3 Å². The van der Waals surface area contributed by atoms with Gasteiger partial charge in [-0.05, 0) is 109 Å². The van der Waals surface area contributed by atoms with E-state index in [4.69, 9.17) is 14.2 Å². The highest BCUT2D eigenvalue weighted by atomic mass is 16.6. The average molecular weight is 1030 g/mol. The lowest BCUT2D eigenvalue weighted by atomic mass is 10.1. The average Bonchev–Trinajstić information content (AvgIpc) is 3.40. The molecule has 0 N–H and O–H groups in total. The lowest BCUT2D eigenvalue weighted by molar-refractivity contribution is -0.167. The van der Waals surface area contributed by atoms with E-state index in [9.17, 15) is 14.4 Å². The van der Waals surface area contributed by atoms with Crippen molar-refractivity contribution < 1.29 is 28.6 Å². The van der Waals surface area contributed by atoms with Crippen LogP contribution in [0.3, 0.4) is 0 Å². The van der Waals surface area contributed by atoms with Crippen LogP contribution in [0, 0.1) is 0 Å². The van der Waals surface area contributed by atoms with Crippen LogP contribution in [0.5, 0.6) is 0 Å². The first-order chi connectivity index (χ1) is 36.5. The van der Waals surface area contributed by atoms with Gasteiger partial charge in [-0.25, -0.2) is 0 Å². The van der Waals surface area contributed by atoms with E-state index in [1.165, 1.54) is 109 Å². The Morgan fingerprint density at radius 3 is 0.838 bits per heavy atom.